The average molecular weight is 489 g/mol. The highest BCUT2D eigenvalue weighted by atomic mass is 16.7. The van der Waals surface area contributed by atoms with Crippen molar-refractivity contribution in [1.29, 1.82) is 0 Å². The van der Waals surface area contributed by atoms with Gasteiger partial charge in [-0.3, -0.25) is 4.90 Å². The van der Waals surface area contributed by atoms with Crippen LogP contribution in [0.15, 0.2) is 72.8 Å². The van der Waals surface area contributed by atoms with Gasteiger partial charge in [-0.15, -0.1) is 0 Å². The highest BCUT2D eigenvalue weighted by molar-refractivity contribution is 5.67. The van der Waals surface area contributed by atoms with Crippen LogP contribution in [0, 0.1) is 5.92 Å². The minimum atomic E-state index is -0.464. The number of morpholine rings is 1. The van der Waals surface area contributed by atoms with E-state index in [4.69, 9.17) is 19.9 Å². The van der Waals surface area contributed by atoms with E-state index in [-0.39, 0.29) is 24.7 Å². The van der Waals surface area contributed by atoms with Crippen molar-refractivity contribution in [3.8, 4) is 11.1 Å². The molecule has 2 saturated heterocycles. The fraction of sp³-hybridized carbons (Fsp3) is 0.400. The molecular formula is C30H36N2O4. The molecule has 6 nitrogen and oxygen atoms in total. The molecule has 0 aliphatic carbocycles. The van der Waals surface area contributed by atoms with Crippen LogP contribution in [0.1, 0.15) is 41.6 Å². The summed E-state index contributed by atoms with van der Waals surface area (Å²) in [6, 6.07) is 24.7. The average Bonchev–Trinajstić information content (AvgIpc) is 2.95. The third-order valence-electron chi connectivity index (χ3n) is 7.40. The van der Waals surface area contributed by atoms with E-state index in [1.807, 2.05) is 24.3 Å². The largest absolute Gasteiger partial charge is 0.392 e. The van der Waals surface area contributed by atoms with E-state index in [1.165, 1.54) is 0 Å². The van der Waals surface area contributed by atoms with Gasteiger partial charge < -0.3 is 25.1 Å². The van der Waals surface area contributed by atoms with Crippen LogP contribution in [0.4, 0.5) is 0 Å². The van der Waals surface area contributed by atoms with Gasteiger partial charge in [0.05, 0.1) is 32.0 Å². The molecule has 3 aromatic rings. The summed E-state index contributed by atoms with van der Waals surface area (Å²) in [6.45, 7) is 6.96. The van der Waals surface area contributed by atoms with E-state index in [9.17, 15) is 5.11 Å². The van der Waals surface area contributed by atoms with Gasteiger partial charge in [-0.05, 0) is 27.8 Å². The van der Waals surface area contributed by atoms with Crippen molar-refractivity contribution in [3.63, 3.8) is 0 Å². The lowest BCUT2D eigenvalue weighted by Gasteiger charge is -2.43. The quantitative estimate of drug-likeness (QED) is 0.513. The van der Waals surface area contributed by atoms with Gasteiger partial charge in [0.2, 0.25) is 0 Å². The molecule has 4 atom stereocenters. The highest BCUT2D eigenvalue weighted by Crippen LogP contribution is 2.42. The lowest BCUT2D eigenvalue weighted by Crippen LogP contribution is -2.47. The molecular weight excluding hydrogens is 452 g/mol. The van der Waals surface area contributed by atoms with Gasteiger partial charge in [0.1, 0.15) is 0 Å². The lowest BCUT2D eigenvalue weighted by molar-refractivity contribution is -0.277. The fourth-order valence-corrected chi connectivity index (χ4v) is 5.17. The number of benzene rings is 3. The second-order valence-electron chi connectivity index (χ2n) is 9.72. The van der Waals surface area contributed by atoms with E-state index < -0.39 is 6.29 Å². The summed E-state index contributed by atoms with van der Waals surface area (Å²) >= 11 is 0. The molecule has 0 aromatic heterocycles. The Balaban J connectivity index is 1.40. The van der Waals surface area contributed by atoms with Gasteiger partial charge in [0, 0.05) is 37.7 Å². The van der Waals surface area contributed by atoms with E-state index in [1.54, 1.807) is 0 Å². The van der Waals surface area contributed by atoms with Crippen molar-refractivity contribution in [3.05, 3.63) is 95.1 Å². The molecule has 0 spiro atoms. The zero-order valence-corrected chi connectivity index (χ0v) is 20.9. The van der Waals surface area contributed by atoms with Crippen LogP contribution >= 0.6 is 0 Å². The number of hydrogen-bond acceptors (Lipinski definition) is 6. The summed E-state index contributed by atoms with van der Waals surface area (Å²) < 4.78 is 18.8. The molecule has 190 valence electrons. The van der Waals surface area contributed by atoms with E-state index in [0.29, 0.717) is 6.54 Å². The maximum absolute atomic E-state index is 9.47. The summed E-state index contributed by atoms with van der Waals surface area (Å²) in [7, 11) is 0. The fourth-order valence-electron chi connectivity index (χ4n) is 5.17. The molecule has 4 unspecified atom stereocenters. The smallest absolute Gasteiger partial charge is 0.184 e. The van der Waals surface area contributed by atoms with Gasteiger partial charge in [-0.25, -0.2) is 0 Å². The van der Waals surface area contributed by atoms with E-state index >= 15 is 0 Å². The Morgan fingerprint density at radius 2 is 1.58 bits per heavy atom. The maximum atomic E-state index is 9.47. The highest BCUT2D eigenvalue weighted by Gasteiger charge is 2.39. The summed E-state index contributed by atoms with van der Waals surface area (Å²) in [6.07, 6.45) is -0.559. The number of aliphatic hydroxyl groups is 1. The first-order valence-electron chi connectivity index (χ1n) is 12.9. The van der Waals surface area contributed by atoms with Gasteiger partial charge >= 0.3 is 0 Å². The van der Waals surface area contributed by atoms with Gasteiger partial charge in [-0.1, -0.05) is 79.7 Å². The number of rotatable bonds is 7. The first-order chi connectivity index (χ1) is 17.7. The number of ether oxygens (including phenoxy) is 3. The third kappa shape index (κ3) is 5.54. The zero-order chi connectivity index (χ0) is 24.9. The Kier molecular flexibility index (Phi) is 8.12. The number of nitrogens with zero attached hydrogens (tertiary/aromatic N) is 1. The van der Waals surface area contributed by atoms with Crippen molar-refractivity contribution in [2.45, 2.75) is 38.6 Å². The summed E-state index contributed by atoms with van der Waals surface area (Å²) in [5.74, 6) is 0.166. The van der Waals surface area contributed by atoms with Crippen LogP contribution in [0.2, 0.25) is 0 Å². The Labute approximate surface area is 213 Å². The minimum Gasteiger partial charge on any atom is -0.392 e. The van der Waals surface area contributed by atoms with E-state index in [2.05, 4.69) is 60.4 Å². The number of aliphatic hydroxyl groups excluding tert-OH is 1. The molecule has 0 radical (unpaired) electrons. The van der Waals surface area contributed by atoms with Gasteiger partial charge in [-0.2, -0.15) is 0 Å². The van der Waals surface area contributed by atoms with Crippen LogP contribution in [0.5, 0.6) is 0 Å². The molecule has 0 saturated carbocycles. The van der Waals surface area contributed by atoms with Crippen molar-refractivity contribution in [2.24, 2.45) is 11.7 Å². The van der Waals surface area contributed by atoms with Crippen molar-refractivity contribution in [2.75, 3.05) is 32.8 Å². The molecule has 2 heterocycles. The van der Waals surface area contributed by atoms with Crippen LogP contribution in [0.25, 0.3) is 11.1 Å². The van der Waals surface area contributed by atoms with Gasteiger partial charge in [0.25, 0.3) is 0 Å². The van der Waals surface area contributed by atoms with Crippen LogP contribution in [-0.4, -0.2) is 49.0 Å². The Hall–Kier alpha value is -2.58. The van der Waals surface area contributed by atoms with Crippen LogP contribution < -0.4 is 5.73 Å². The molecule has 2 fully saturated rings. The molecule has 3 N–H and O–H groups in total. The first-order valence-corrected chi connectivity index (χ1v) is 12.9. The molecule has 5 rings (SSSR count). The van der Waals surface area contributed by atoms with Crippen molar-refractivity contribution >= 4 is 0 Å². The Bertz CT molecular complexity index is 1110. The Morgan fingerprint density at radius 3 is 2.28 bits per heavy atom. The van der Waals surface area contributed by atoms with E-state index in [0.717, 1.165) is 66.2 Å². The molecule has 0 bridgehead atoms. The topological polar surface area (TPSA) is 77.2 Å². The predicted octanol–water partition coefficient (Wildman–Crippen LogP) is 4.43. The SMILES string of the molecule is CC1C(CN2CCOCC2)OC(c2ccc(-c3ccccc3CN)cc2)OC1c1ccc(CO)cc1. The monoisotopic (exact) mass is 488 g/mol. The molecule has 36 heavy (non-hydrogen) atoms. The van der Waals surface area contributed by atoms with Crippen molar-refractivity contribution in [1.82, 2.24) is 4.90 Å². The molecule has 6 heteroatoms. The molecule has 3 aromatic carbocycles. The van der Waals surface area contributed by atoms with Crippen LogP contribution in [0.3, 0.4) is 0 Å². The number of nitrogens with two attached hydrogens (primary N) is 1. The molecule has 0 amide bonds. The molecule has 2 aliphatic rings. The zero-order valence-electron chi connectivity index (χ0n) is 20.9. The lowest BCUT2D eigenvalue weighted by atomic mass is 9.90. The minimum absolute atomic E-state index is 0.0158. The van der Waals surface area contributed by atoms with Gasteiger partial charge in [0.15, 0.2) is 6.29 Å². The normalized spacial score (nSPS) is 25.1. The summed E-state index contributed by atoms with van der Waals surface area (Å²) in [5.41, 5.74) is 12.4. The third-order valence-corrected chi connectivity index (χ3v) is 7.40. The molecule has 2 aliphatic heterocycles. The number of hydrogen-bond donors (Lipinski definition) is 2. The Morgan fingerprint density at radius 1 is 0.889 bits per heavy atom. The second-order valence-corrected chi connectivity index (χ2v) is 9.72. The summed E-state index contributed by atoms with van der Waals surface area (Å²) in [5, 5.41) is 9.47. The van der Waals surface area contributed by atoms with Crippen molar-refractivity contribution < 1.29 is 19.3 Å². The summed E-state index contributed by atoms with van der Waals surface area (Å²) in [4.78, 5) is 2.42. The standard InChI is InChI=1S/C30H36N2O4/c1-21-28(19-32-14-16-34-17-15-32)35-30(36-29(21)24-8-6-22(20-33)7-9-24)25-12-10-23(11-13-25)27-5-3-2-4-26(27)18-31/h2-13,21,28-30,33H,14-20,31H2,1H3. The second kappa shape index (κ2) is 11.6. The first kappa shape index (κ1) is 25.1. The van der Waals surface area contributed by atoms with Crippen LogP contribution in [-0.2, 0) is 27.4 Å². The maximum Gasteiger partial charge on any atom is 0.184 e. The predicted molar refractivity (Wildman–Crippen MR) is 140 cm³/mol.